The van der Waals surface area contributed by atoms with Crippen molar-refractivity contribution in [2.45, 2.75) is 19.9 Å². The molecule has 0 bridgehead atoms. The highest BCUT2D eigenvalue weighted by molar-refractivity contribution is 5.92. The van der Waals surface area contributed by atoms with Gasteiger partial charge >= 0.3 is 0 Å². The number of hydrogen-bond donors (Lipinski definition) is 2. The average molecular weight is 313 g/mol. The third kappa shape index (κ3) is 5.71. The van der Waals surface area contributed by atoms with Crippen LogP contribution in [-0.4, -0.2) is 31.2 Å². The molecule has 2 rings (SSSR count). The van der Waals surface area contributed by atoms with E-state index in [-0.39, 0.29) is 5.91 Å². The van der Waals surface area contributed by atoms with E-state index in [0.29, 0.717) is 12.2 Å². The second-order valence-electron chi connectivity index (χ2n) is 5.37. The summed E-state index contributed by atoms with van der Waals surface area (Å²) < 4.78 is 4.99. The summed E-state index contributed by atoms with van der Waals surface area (Å²) in [5, 5.41) is 6.11. The van der Waals surface area contributed by atoms with Crippen LogP contribution < -0.4 is 10.6 Å². The fourth-order valence-electron chi connectivity index (χ4n) is 2.06. The first-order valence-electron chi connectivity index (χ1n) is 7.71. The number of amides is 1. The van der Waals surface area contributed by atoms with Crippen molar-refractivity contribution in [3.05, 3.63) is 59.4 Å². The first-order valence-corrected chi connectivity index (χ1v) is 7.71. The monoisotopic (exact) mass is 313 g/mol. The van der Waals surface area contributed by atoms with E-state index < -0.39 is 0 Å². The van der Waals surface area contributed by atoms with Gasteiger partial charge in [-0.25, -0.2) is 4.98 Å². The van der Waals surface area contributed by atoms with Crippen LogP contribution in [0.2, 0.25) is 0 Å². The maximum atomic E-state index is 12.1. The molecule has 0 atom stereocenters. The number of nitrogens with one attached hydrogen (secondary N) is 2. The van der Waals surface area contributed by atoms with Gasteiger partial charge in [0, 0.05) is 26.8 Å². The number of aryl methyl sites for hydroxylation is 1. The number of carbonyl (C=O) groups excluding carboxylic acids is 1. The van der Waals surface area contributed by atoms with E-state index in [0.717, 1.165) is 30.8 Å². The second kappa shape index (κ2) is 8.90. The van der Waals surface area contributed by atoms with Gasteiger partial charge in [0.05, 0.1) is 11.9 Å². The molecule has 1 heterocycles. The van der Waals surface area contributed by atoms with Gasteiger partial charge in [0.15, 0.2) is 0 Å². The van der Waals surface area contributed by atoms with Gasteiger partial charge in [0.25, 0.3) is 5.91 Å². The Bertz CT molecular complexity index is 609. The molecule has 0 radical (unpaired) electrons. The van der Waals surface area contributed by atoms with Crippen LogP contribution in [0.25, 0.3) is 0 Å². The minimum atomic E-state index is -0.170. The van der Waals surface area contributed by atoms with Crippen LogP contribution in [-0.2, 0) is 11.3 Å². The lowest BCUT2D eigenvalue weighted by Crippen LogP contribution is -2.23. The normalized spacial score (nSPS) is 10.3. The number of rotatable bonds is 8. The predicted octanol–water partition coefficient (Wildman–Crippen LogP) is 2.77. The van der Waals surface area contributed by atoms with Crippen LogP contribution in [0.1, 0.15) is 28.0 Å². The quantitative estimate of drug-likeness (QED) is 0.736. The molecule has 2 N–H and O–H groups in total. The van der Waals surface area contributed by atoms with E-state index in [1.165, 1.54) is 5.56 Å². The zero-order chi connectivity index (χ0) is 16.5. The molecule has 2 aromatic rings. The Labute approximate surface area is 137 Å². The van der Waals surface area contributed by atoms with Crippen LogP contribution >= 0.6 is 0 Å². The zero-order valence-electron chi connectivity index (χ0n) is 13.6. The Morgan fingerprint density at radius 2 is 1.96 bits per heavy atom. The highest BCUT2D eigenvalue weighted by Crippen LogP contribution is 2.07. The molecule has 0 saturated heterocycles. The SMILES string of the molecule is COCCCNc1ccc(C(=O)NCc2ccc(C)cc2)nc1. The Balaban J connectivity index is 1.81. The lowest BCUT2D eigenvalue weighted by molar-refractivity contribution is 0.0946. The minimum absolute atomic E-state index is 0.170. The highest BCUT2D eigenvalue weighted by atomic mass is 16.5. The molecule has 122 valence electrons. The third-order valence-corrected chi connectivity index (χ3v) is 3.42. The summed E-state index contributed by atoms with van der Waals surface area (Å²) in [5.74, 6) is -0.170. The molecule has 0 spiro atoms. The third-order valence-electron chi connectivity index (χ3n) is 3.42. The molecular weight excluding hydrogens is 290 g/mol. The van der Waals surface area contributed by atoms with Gasteiger partial charge in [-0.05, 0) is 31.0 Å². The molecule has 1 aromatic carbocycles. The molecule has 1 amide bonds. The maximum absolute atomic E-state index is 12.1. The van der Waals surface area contributed by atoms with Crippen molar-refractivity contribution < 1.29 is 9.53 Å². The summed E-state index contributed by atoms with van der Waals surface area (Å²) in [6.07, 6.45) is 2.60. The van der Waals surface area contributed by atoms with E-state index >= 15 is 0 Å². The molecular formula is C18H23N3O2. The molecule has 0 aliphatic carbocycles. The molecule has 0 saturated carbocycles. The molecule has 0 fully saturated rings. The van der Waals surface area contributed by atoms with Crippen LogP contribution in [0.4, 0.5) is 5.69 Å². The van der Waals surface area contributed by atoms with Gasteiger partial charge in [-0.1, -0.05) is 29.8 Å². The van der Waals surface area contributed by atoms with Crippen molar-refractivity contribution in [2.24, 2.45) is 0 Å². The van der Waals surface area contributed by atoms with Gasteiger partial charge < -0.3 is 15.4 Å². The lowest BCUT2D eigenvalue weighted by Gasteiger charge is -2.08. The van der Waals surface area contributed by atoms with Gasteiger partial charge in [-0.2, -0.15) is 0 Å². The first-order chi connectivity index (χ1) is 11.2. The van der Waals surface area contributed by atoms with Crippen molar-refractivity contribution in [3.8, 4) is 0 Å². The van der Waals surface area contributed by atoms with E-state index in [4.69, 9.17) is 4.74 Å². The molecule has 1 aromatic heterocycles. The maximum Gasteiger partial charge on any atom is 0.270 e. The fraction of sp³-hybridized carbons (Fsp3) is 0.333. The number of ether oxygens (including phenoxy) is 1. The molecule has 0 unspecified atom stereocenters. The second-order valence-corrected chi connectivity index (χ2v) is 5.37. The number of pyridine rings is 1. The Morgan fingerprint density at radius 3 is 2.61 bits per heavy atom. The Morgan fingerprint density at radius 1 is 1.17 bits per heavy atom. The summed E-state index contributed by atoms with van der Waals surface area (Å²) in [6.45, 7) is 4.07. The number of methoxy groups -OCH3 is 1. The number of anilines is 1. The van der Waals surface area contributed by atoms with Crippen molar-refractivity contribution in [2.75, 3.05) is 25.6 Å². The summed E-state index contributed by atoms with van der Waals surface area (Å²) in [6, 6.07) is 11.7. The zero-order valence-corrected chi connectivity index (χ0v) is 13.6. The summed E-state index contributed by atoms with van der Waals surface area (Å²) in [7, 11) is 1.69. The number of nitrogens with zero attached hydrogens (tertiary/aromatic N) is 1. The number of carbonyl (C=O) groups is 1. The van der Waals surface area contributed by atoms with E-state index in [1.807, 2.05) is 37.3 Å². The fourth-order valence-corrected chi connectivity index (χ4v) is 2.06. The smallest absolute Gasteiger partial charge is 0.270 e. The Kier molecular flexibility index (Phi) is 6.56. The summed E-state index contributed by atoms with van der Waals surface area (Å²) in [5.41, 5.74) is 3.59. The predicted molar refractivity (Wildman–Crippen MR) is 91.6 cm³/mol. The highest BCUT2D eigenvalue weighted by Gasteiger charge is 2.06. The number of aromatic nitrogens is 1. The van der Waals surface area contributed by atoms with Gasteiger partial charge in [0.1, 0.15) is 5.69 Å². The molecule has 0 aliphatic rings. The average Bonchev–Trinajstić information content (AvgIpc) is 2.58. The largest absolute Gasteiger partial charge is 0.385 e. The van der Waals surface area contributed by atoms with Crippen LogP contribution in [0.3, 0.4) is 0 Å². The molecule has 0 aliphatic heterocycles. The molecule has 23 heavy (non-hydrogen) atoms. The van der Waals surface area contributed by atoms with Crippen molar-refractivity contribution in [1.29, 1.82) is 0 Å². The Hall–Kier alpha value is -2.40. The minimum Gasteiger partial charge on any atom is -0.385 e. The van der Waals surface area contributed by atoms with E-state index in [2.05, 4.69) is 15.6 Å². The first kappa shape index (κ1) is 17.0. The van der Waals surface area contributed by atoms with Gasteiger partial charge in [0.2, 0.25) is 0 Å². The summed E-state index contributed by atoms with van der Waals surface area (Å²) >= 11 is 0. The lowest BCUT2D eigenvalue weighted by atomic mass is 10.1. The standard InChI is InChI=1S/C18H23N3O2/c1-14-4-6-15(7-5-14)12-21-18(22)17-9-8-16(13-20-17)19-10-3-11-23-2/h4-9,13,19H,3,10-12H2,1-2H3,(H,21,22). The molecule has 5 nitrogen and oxygen atoms in total. The van der Waals surface area contributed by atoms with Gasteiger partial charge in [-0.3, -0.25) is 4.79 Å². The van der Waals surface area contributed by atoms with Crippen molar-refractivity contribution in [3.63, 3.8) is 0 Å². The van der Waals surface area contributed by atoms with Crippen molar-refractivity contribution >= 4 is 11.6 Å². The van der Waals surface area contributed by atoms with E-state index in [1.54, 1.807) is 19.4 Å². The van der Waals surface area contributed by atoms with Crippen LogP contribution in [0.5, 0.6) is 0 Å². The number of benzene rings is 1. The number of hydrogen-bond acceptors (Lipinski definition) is 4. The molecule has 5 heteroatoms. The van der Waals surface area contributed by atoms with Crippen molar-refractivity contribution in [1.82, 2.24) is 10.3 Å². The van der Waals surface area contributed by atoms with E-state index in [9.17, 15) is 4.79 Å². The van der Waals surface area contributed by atoms with Gasteiger partial charge in [-0.15, -0.1) is 0 Å². The topological polar surface area (TPSA) is 63.2 Å². The summed E-state index contributed by atoms with van der Waals surface area (Å²) in [4.78, 5) is 16.3. The van der Waals surface area contributed by atoms with Crippen LogP contribution in [0, 0.1) is 6.92 Å². The van der Waals surface area contributed by atoms with Crippen LogP contribution in [0.15, 0.2) is 42.6 Å².